The molecule has 0 saturated carbocycles. The molecule has 1 aliphatic rings. The average molecular weight is 362 g/mol. The fourth-order valence-electron chi connectivity index (χ4n) is 2.74. The summed E-state index contributed by atoms with van der Waals surface area (Å²) in [6.07, 6.45) is 4.71. The highest BCUT2D eigenvalue weighted by molar-refractivity contribution is 7.90. The van der Waals surface area contributed by atoms with Crippen LogP contribution in [0.5, 0.6) is 0 Å². The molecule has 0 N–H and O–H groups in total. The van der Waals surface area contributed by atoms with Gasteiger partial charge in [-0.15, -0.1) is 0 Å². The molecule has 132 valence electrons. The Bertz CT molecular complexity index is 872. The summed E-state index contributed by atoms with van der Waals surface area (Å²) in [5.74, 6) is -0.478. The minimum atomic E-state index is -3.27. The Morgan fingerprint density at radius 1 is 1.08 bits per heavy atom. The van der Waals surface area contributed by atoms with Crippen LogP contribution < -0.4 is 0 Å². The maximum atomic E-state index is 12.6. The first-order valence-electron chi connectivity index (χ1n) is 7.79. The number of rotatable bonds is 4. The minimum absolute atomic E-state index is 0.0964. The molecule has 1 saturated heterocycles. The van der Waals surface area contributed by atoms with E-state index in [1.807, 2.05) is 0 Å². The molecule has 2 heterocycles. The van der Waals surface area contributed by atoms with E-state index in [1.165, 1.54) is 34.7 Å². The molecule has 25 heavy (non-hydrogen) atoms. The molecule has 0 unspecified atom stereocenters. The van der Waals surface area contributed by atoms with Gasteiger partial charge in [-0.25, -0.2) is 13.4 Å². The van der Waals surface area contributed by atoms with E-state index in [0.717, 1.165) is 6.26 Å². The lowest BCUT2D eigenvalue weighted by Crippen LogP contribution is -2.45. The van der Waals surface area contributed by atoms with Gasteiger partial charge in [0, 0.05) is 19.3 Å². The summed E-state index contributed by atoms with van der Waals surface area (Å²) in [5.41, 5.74) is 1.09. The van der Waals surface area contributed by atoms with E-state index in [2.05, 4.69) is 0 Å². The van der Waals surface area contributed by atoms with Crippen molar-refractivity contribution in [3.8, 4) is 0 Å². The largest absolute Gasteiger partial charge is 0.472 e. The Hall–Kier alpha value is -2.61. The van der Waals surface area contributed by atoms with E-state index in [4.69, 9.17) is 4.42 Å². The molecule has 7 nitrogen and oxygen atoms in total. The van der Waals surface area contributed by atoms with Gasteiger partial charge < -0.3 is 4.42 Å². The average Bonchev–Trinajstić information content (AvgIpc) is 3.25. The number of nitrogens with zero attached hydrogens (tertiary/aromatic N) is 2. The molecule has 2 amide bonds. The minimum Gasteiger partial charge on any atom is -0.472 e. The van der Waals surface area contributed by atoms with Gasteiger partial charge in [-0.1, -0.05) is 12.1 Å². The number of sulfone groups is 1. The molecule has 0 atom stereocenters. The highest BCUT2D eigenvalue weighted by Gasteiger charge is 2.31. The molecule has 3 rings (SSSR count). The highest BCUT2D eigenvalue weighted by Crippen LogP contribution is 2.18. The van der Waals surface area contributed by atoms with Gasteiger partial charge in [-0.2, -0.15) is 0 Å². The summed E-state index contributed by atoms with van der Waals surface area (Å²) in [4.78, 5) is 25.2. The zero-order chi connectivity index (χ0) is 18.0. The lowest BCUT2D eigenvalue weighted by molar-refractivity contribution is -0.139. The Balaban J connectivity index is 1.71. The topological polar surface area (TPSA) is 87.9 Å². The molecule has 2 aromatic rings. The summed E-state index contributed by atoms with van der Waals surface area (Å²) < 4.78 is 27.9. The Morgan fingerprint density at radius 3 is 2.36 bits per heavy atom. The van der Waals surface area contributed by atoms with Crippen LogP contribution in [-0.4, -0.2) is 49.6 Å². The van der Waals surface area contributed by atoms with Gasteiger partial charge in [-0.3, -0.25) is 14.6 Å². The Labute approximate surface area is 145 Å². The summed E-state index contributed by atoms with van der Waals surface area (Å²) in [6.45, 7) is 0.951. The van der Waals surface area contributed by atoms with E-state index in [-0.39, 0.29) is 23.1 Å². The number of carbonyl (C=O) groups excluding carboxylic acids is 2. The van der Waals surface area contributed by atoms with Crippen LogP contribution in [0.3, 0.4) is 0 Å². The molecule has 1 aliphatic heterocycles. The summed E-state index contributed by atoms with van der Waals surface area (Å²) in [7, 11) is -3.27. The smallest absolute Gasteiger partial charge is 0.275 e. The van der Waals surface area contributed by atoms with Crippen molar-refractivity contribution in [3.05, 3.63) is 54.0 Å². The fourth-order valence-corrected chi connectivity index (χ4v) is 3.37. The SMILES string of the molecule is CS(=O)(=O)c1ccc(CC(=O)N2CCCN2C(=O)c2ccoc2)cc1. The predicted molar refractivity (Wildman–Crippen MR) is 89.3 cm³/mol. The molecule has 8 heteroatoms. The van der Waals surface area contributed by atoms with Crippen LogP contribution >= 0.6 is 0 Å². The van der Waals surface area contributed by atoms with Gasteiger partial charge in [0.05, 0.1) is 23.1 Å². The van der Waals surface area contributed by atoms with Crippen molar-refractivity contribution in [1.82, 2.24) is 10.0 Å². The van der Waals surface area contributed by atoms with Crippen molar-refractivity contribution in [3.63, 3.8) is 0 Å². The number of carbonyl (C=O) groups is 2. The Morgan fingerprint density at radius 2 is 1.76 bits per heavy atom. The second-order valence-electron chi connectivity index (χ2n) is 5.90. The first-order chi connectivity index (χ1) is 11.9. The molecule has 0 bridgehead atoms. The third kappa shape index (κ3) is 3.74. The van der Waals surface area contributed by atoms with Crippen molar-refractivity contribution < 1.29 is 22.4 Å². The molecule has 1 aromatic heterocycles. The number of furan rings is 1. The van der Waals surface area contributed by atoms with Crippen LogP contribution in [0.15, 0.2) is 52.2 Å². The van der Waals surface area contributed by atoms with Gasteiger partial charge in [0.25, 0.3) is 5.91 Å². The molecular formula is C17H18N2O5S. The van der Waals surface area contributed by atoms with Crippen LogP contribution in [-0.2, 0) is 21.1 Å². The van der Waals surface area contributed by atoms with Crippen molar-refractivity contribution in [2.75, 3.05) is 19.3 Å². The summed E-state index contributed by atoms with van der Waals surface area (Å²) in [6, 6.07) is 7.76. The van der Waals surface area contributed by atoms with Crippen molar-refractivity contribution in [2.24, 2.45) is 0 Å². The van der Waals surface area contributed by atoms with Crippen molar-refractivity contribution >= 4 is 21.7 Å². The first kappa shape index (κ1) is 17.2. The number of hydrazine groups is 1. The third-order valence-electron chi connectivity index (χ3n) is 4.03. The van der Waals surface area contributed by atoms with Crippen molar-refractivity contribution in [2.45, 2.75) is 17.7 Å². The quantitative estimate of drug-likeness (QED) is 0.823. The second kappa shape index (κ2) is 6.72. The lowest BCUT2D eigenvalue weighted by atomic mass is 10.1. The van der Waals surface area contributed by atoms with E-state index in [9.17, 15) is 18.0 Å². The van der Waals surface area contributed by atoms with Crippen LogP contribution in [0.2, 0.25) is 0 Å². The molecule has 0 aliphatic carbocycles. The first-order valence-corrected chi connectivity index (χ1v) is 9.69. The highest BCUT2D eigenvalue weighted by atomic mass is 32.2. The number of hydrogen-bond donors (Lipinski definition) is 0. The van der Waals surface area contributed by atoms with Gasteiger partial charge in [0.1, 0.15) is 6.26 Å². The van der Waals surface area contributed by atoms with Crippen LogP contribution in [0.25, 0.3) is 0 Å². The van der Waals surface area contributed by atoms with E-state index < -0.39 is 9.84 Å². The molecule has 1 aromatic carbocycles. The molecular weight excluding hydrogens is 344 g/mol. The van der Waals surface area contributed by atoms with E-state index in [0.29, 0.717) is 30.6 Å². The maximum absolute atomic E-state index is 12.6. The summed E-state index contributed by atoms with van der Waals surface area (Å²) >= 11 is 0. The van der Waals surface area contributed by atoms with E-state index >= 15 is 0 Å². The molecule has 0 radical (unpaired) electrons. The van der Waals surface area contributed by atoms with Crippen LogP contribution in [0.1, 0.15) is 22.3 Å². The number of benzene rings is 1. The zero-order valence-electron chi connectivity index (χ0n) is 13.7. The molecule has 1 fully saturated rings. The zero-order valence-corrected chi connectivity index (χ0v) is 14.5. The lowest BCUT2D eigenvalue weighted by Gasteiger charge is -2.27. The monoisotopic (exact) mass is 362 g/mol. The number of hydrogen-bond acceptors (Lipinski definition) is 5. The Kier molecular flexibility index (Phi) is 4.63. The summed E-state index contributed by atoms with van der Waals surface area (Å²) in [5, 5.41) is 2.87. The van der Waals surface area contributed by atoms with Gasteiger partial charge in [0.2, 0.25) is 5.91 Å². The third-order valence-corrected chi connectivity index (χ3v) is 5.16. The van der Waals surface area contributed by atoms with E-state index in [1.54, 1.807) is 18.2 Å². The standard InChI is InChI=1S/C17H18N2O5S/c1-25(22,23)15-5-3-13(4-6-15)11-16(20)18-8-2-9-19(18)17(21)14-7-10-24-12-14/h3-7,10,12H,2,8-9,11H2,1H3. The van der Waals surface area contributed by atoms with Gasteiger partial charge in [0.15, 0.2) is 9.84 Å². The van der Waals surface area contributed by atoms with Gasteiger partial charge in [-0.05, 0) is 30.2 Å². The van der Waals surface area contributed by atoms with Crippen LogP contribution in [0, 0.1) is 0 Å². The second-order valence-corrected chi connectivity index (χ2v) is 7.92. The number of amides is 2. The fraction of sp³-hybridized carbons (Fsp3) is 0.294. The normalized spacial score (nSPS) is 14.8. The van der Waals surface area contributed by atoms with Gasteiger partial charge >= 0.3 is 0 Å². The van der Waals surface area contributed by atoms with Crippen LogP contribution in [0.4, 0.5) is 0 Å². The predicted octanol–water partition coefficient (Wildman–Crippen LogP) is 1.52. The van der Waals surface area contributed by atoms with Crippen molar-refractivity contribution in [1.29, 1.82) is 0 Å². The maximum Gasteiger partial charge on any atom is 0.275 e. The molecule has 0 spiro atoms.